The van der Waals surface area contributed by atoms with E-state index in [1.807, 2.05) is 18.2 Å². The van der Waals surface area contributed by atoms with Gasteiger partial charge in [0.25, 0.3) is 0 Å². The molecule has 3 nitrogen and oxygen atoms in total. The van der Waals surface area contributed by atoms with E-state index in [9.17, 15) is 0 Å². The van der Waals surface area contributed by atoms with Crippen LogP contribution in [0.5, 0.6) is 5.88 Å². The highest BCUT2D eigenvalue weighted by Gasteiger charge is 2.20. The van der Waals surface area contributed by atoms with Crippen molar-refractivity contribution in [3.8, 4) is 5.88 Å². The van der Waals surface area contributed by atoms with Gasteiger partial charge in [0.2, 0.25) is 5.88 Å². The van der Waals surface area contributed by atoms with Crippen LogP contribution >= 0.6 is 0 Å². The first-order valence-electron chi connectivity index (χ1n) is 6.14. The van der Waals surface area contributed by atoms with Crippen molar-refractivity contribution in [3.05, 3.63) is 23.9 Å². The Morgan fingerprint density at radius 1 is 1.50 bits per heavy atom. The van der Waals surface area contributed by atoms with Crippen molar-refractivity contribution >= 4 is 0 Å². The first kappa shape index (κ1) is 11.4. The van der Waals surface area contributed by atoms with Crippen LogP contribution in [0.2, 0.25) is 0 Å². The minimum absolute atomic E-state index is 0.235. The SMILES string of the molecule is CCC(C)Oc1cccc(CNC2CC2)n1. The van der Waals surface area contributed by atoms with Crippen LogP contribution in [-0.2, 0) is 6.54 Å². The lowest BCUT2D eigenvalue weighted by atomic mass is 10.3. The molecule has 16 heavy (non-hydrogen) atoms. The highest BCUT2D eigenvalue weighted by atomic mass is 16.5. The molecule has 1 heterocycles. The molecule has 1 saturated carbocycles. The van der Waals surface area contributed by atoms with Gasteiger partial charge in [-0.3, -0.25) is 0 Å². The van der Waals surface area contributed by atoms with Gasteiger partial charge in [-0.15, -0.1) is 0 Å². The molecule has 1 unspecified atom stereocenters. The zero-order valence-corrected chi connectivity index (χ0v) is 10.1. The molecular weight excluding hydrogens is 200 g/mol. The molecule has 3 heteroatoms. The molecule has 1 N–H and O–H groups in total. The average molecular weight is 220 g/mol. The largest absolute Gasteiger partial charge is 0.475 e. The lowest BCUT2D eigenvalue weighted by Gasteiger charge is -2.12. The van der Waals surface area contributed by atoms with E-state index in [0.717, 1.165) is 30.6 Å². The average Bonchev–Trinajstić information content (AvgIpc) is 3.10. The second-order valence-corrected chi connectivity index (χ2v) is 4.46. The molecular formula is C13H20N2O. The summed E-state index contributed by atoms with van der Waals surface area (Å²) in [7, 11) is 0. The first-order valence-corrected chi connectivity index (χ1v) is 6.14. The van der Waals surface area contributed by atoms with Crippen molar-refractivity contribution in [2.75, 3.05) is 0 Å². The number of pyridine rings is 1. The van der Waals surface area contributed by atoms with Gasteiger partial charge in [0.1, 0.15) is 0 Å². The summed E-state index contributed by atoms with van der Waals surface area (Å²) in [6.45, 7) is 5.03. The molecule has 0 spiro atoms. The normalized spacial score (nSPS) is 17.1. The van der Waals surface area contributed by atoms with Crippen LogP contribution in [0, 0.1) is 0 Å². The maximum atomic E-state index is 5.69. The van der Waals surface area contributed by atoms with E-state index >= 15 is 0 Å². The summed E-state index contributed by atoms with van der Waals surface area (Å²) in [6.07, 6.45) is 3.86. The van der Waals surface area contributed by atoms with E-state index in [-0.39, 0.29) is 6.10 Å². The molecule has 0 amide bonds. The lowest BCUT2D eigenvalue weighted by molar-refractivity contribution is 0.208. The van der Waals surface area contributed by atoms with Crippen molar-refractivity contribution in [1.29, 1.82) is 0 Å². The number of hydrogen-bond donors (Lipinski definition) is 1. The lowest BCUT2D eigenvalue weighted by Crippen LogP contribution is -2.17. The Labute approximate surface area is 97.2 Å². The van der Waals surface area contributed by atoms with E-state index in [1.54, 1.807) is 0 Å². The third-order valence-corrected chi connectivity index (χ3v) is 2.83. The van der Waals surface area contributed by atoms with Crippen molar-refractivity contribution in [2.24, 2.45) is 0 Å². The number of rotatable bonds is 6. The molecule has 0 saturated heterocycles. The Hall–Kier alpha value is -1.09. The predicted octanol–water partition coefficient (Wildman–Crippen LogP) is 2.51. The van der Waals surface area contributed by atoms with Crippen LogP contribution in [0.25, 0.3) is 0 Å². The third kappa shape index (κ3) is 3.49. The fourth-order valence-corrected chi connectivity index (χ4v) is 1.45. The summed E-state index contributed by atoms with van der Waals surface area (Å²) in [5.74, 6) is 0.740. The number of hydrogen-bond acceptors (Lipinski definition) is 3. The van der Waals surface area contributed by atoms with Gasteiger partial charge < -0.3 is 10.1 Å². The van der Waals surface area contributed by atoms with Gasteiger partial charge in [0.05, 0.1) is 11.8 Å². The molecule has 0 aliphatic heterocycles. The Morgan fingerprint density at radius 3 is 3.00 bits per heavy atom. The molecule has 1 aliphatic carbocycles. The Balaban J connectivity index is 1.89. The molecule has 0 bridgehead atoms. The minimum atomic E-state index is 0.235. The van der Waals surface area contributed by atoms with Crippen molar-refractivity contribution < 1.29 is 4.74 Å². The molecule has 0 radical (unpaired) electrons. The van der Waals surface area contributed by atoms with Gasteiger partial charge in [0.15, 0.2) is 0 Å². The van der Waals surface area contributed by atoms with E-state index < -0.39 is 0 Å². The van der Waals surface area contributed by atoms with Crippen LogP contribution in [-0.4, -0.2) is 17.1 Å². The van der Waals surface area contributed by atoms with Crippen LogP contribution < -0.4 is 10.1 Å². The molecule has 1 aromatic heterocycles. The summed E-state index contributed by atoms with van der Waals surface area (Å²) in [5.41, 5.74) is 1.06. The van der Waals surface area contributed by atoms with Crippen molar-refractivity contribution in [1.82, 2.24) is 10.3 Å². The Kier molecular flexibility index (Phi) is 3.78. The summed E-state index contributed by atoms with van der Waals surface area (Å²) in [4.78, 5) is 4.48. The van der Waals surface area contributed by atoms with E-state index in [4.69, 9.17) is 4.74 Å². The van der Waals surface area contributed by atoms with Crippen LogP contribution in [0.3, 0.4) is 0 Å². The zero-order valence-electron chi connectivity index (χ0n) is 10.1. The fraction of sp³-hybridized carbons (Fsp3) is 0.615. The molecule has 1 atom stereocenters. The highest BCUT2D eigenvalue weighted by molar-refractivity contribution is 5.16. The summed E-state index contributed by atoms with van der Waals surface area (Å²) in [6, 6.07) is 6.70. The smallest absolute Gasteiger partial charge is 0.213 e. The molecule has 2 rings (SSSR count). The Morgan fingerprint density at radius 2 is 2.31 bits per heavy atom. The fourth-order valence-electron chi connectivity index (χ4n) is 1.45. The van der Waals surface area contributed by atoms with Gasteiger partial charge >= 0.3 is 0 Å². The van der Waals surface area contributed by atoms with E-state index in [1.165, 1.54) is 12.8 Å². The predicted molar refractivity (Wildman–Crippen MR) is 64.5 cm³/mol. The second kappa shape index (κ2) is 5.30. The maximum absolute atomic E-state index is 5.69. The van der Waals surface area contributed by atoms with Crippen LogP contribution in [0.15, 0.2) is 18.2 Å². The van der Waals surface area contributed by atoms with Gasteiger partial charge in [-0.2, -0.15) is 0 Å². The second-order valence-electron chi connectivity index (χ2n) is 4.46. The van der Waals surface area contributed by atoms with Crippen molar-refractivity contribution in [2.45, 2.75) is 51.8 Å². The minimum Gasteiger partial charge on any atom is -0.475 e. The Bertz CT molecular complexity index is 336. The molecule has 1 fully saturated rings. The monoisotopic (exact) mass is 220 g/mol. The third-order valence-electron chi connectivity index (χ3n) is 2.83. The van der Waals surface area contributed by atoms with Crippen LogP contribution in [0.1, 0.15) is 38.8 Å². The van der Waals surface area contributed by atoms with Crippen molar-refractivity contribution in [3.63, 3.8) is 0 Å². The van der Waals surface area contributed by atoms with Gasteiger partial charge in [-0.05, 0) is 32.3 Å². The van der Waals surface area contributed by atoms with E-state index in [2.05, 4.69) is 24.1 Å². The topological polar surface area (TPSA) is 34.1 Å². The summed E-state index contributed by atoms with van der Waals surface area (Å²) >= 11 is 0. The number of ether oxygens (including phenoxy) is 1. The quantitative estimate of drug-likeness (QED) is 0.800. The molecule has 0 aromatic carbocycles. The molecule has 1 aliphatic rings. The highest BCUT2D eigenvalue weighted by Crippen LogP contribution is 2.19. The standard InChI is InChI=1S/C13H20N2O/c1-3-10(2)16-13-6-4-5-12(15-13)9-14-11-7-8-11/h4-6,10-11,14H,3,7-9H2,1-2H3. The molecule has 1 aromatic rings. The van der Waals surface area contributed by atoms with E-state index in [0.29, 0.717) is 0 Å². The summed E-state index contributed by atoms with van der Waals surface area (Å²) in [5, 5.41) is 3.45. The number of nitrogens with zero attached hydrogens (tertiary/aromatic N) is 1. The first-order chi connectivity index (χ1) is 7.78. The maximum Gasteiger partial charge on any atom is 0.213 e. The molecule has 88 valence electrons. The van der Waals surface area contributed by atoms with Gasteiger partial charge in [0, 0.05) is 18.7 Å². The van der Waals surface area contributed by atoms with Gasteiger partial charge in [-0.25, -0.2) is 4.98 Å². The van der Waals surface area contributed by atoms with Gasteiger partial charge in [-0.1, -0.05) is 13.0 Å². The zero-order chi connectivity index (χ0) is 11.4. The summed E-state index contributed by atoms with van der Waals surface area (Å²) < 4.78 is 5.69. The van der Waals surface area contributed by atoms with Crippen LogP contribution in [0.4, 0.5) is 0 Å². The number of nitrogens with one attached hydrogen (secondary N) is 1. The number of aromatic nitrogens is 1.